The molecule has 86 valence electrons. The van der Waals surface area contributed by atoms with E-state index in [9.17, 15) is 9.59 Å². The van der Waals surface area contributed by atoms with E-state index in [1.807, 2.05) is 7.05 Å². The molecule has 5 heteroatoms. The van der Waals surface area contributed by atoms with Gasteiger partial charge in [-0.1, -0.05) is 0 Å². The Bertz CT molecular complexity index is 254. The summed E-state index contributed by atoms with van der Waals surface area (Å²) < 4.78 is 0. The monoisotopic (exact) mass is 215 g/mol. The van der Waals surface area contributed by atoms with Crippen LogP contribution in [0.2, 0.25) is 0 Å². The quantitative estimate of drug-likeness (QED) is 0.717. The van der Waals surface area contributed by atoms with Crippen LogP contribution in [0.1, 0.15) is 19.3 Å². The van der Waals surface area contributed by atoms with Crippen molar-refractivity contribution in [2.75, 3.05) is 20.1 Å². The highest BCUT2D eigenvalue weighted by Crippen LogP contribution is 2.26. The molecule has 1 saturated heterocycles. The van der Waals surface area contributed by atoms with Crippen molar-refractivity contribution >= 4 is 11.9 Å². The van der Waals surface area contributed by atoms with E-state index >= 15 is 0 Å². The zero-order valence-corrected chi connectivity index (χ0v) is 8.85. The molecule has 0 aromatic carbocycles. The number of carboxylic acids is 2. The molecular formula is C10H17NO4. The van der Waals surface area contributed by atoms with Crippen molar-refractivity contribution in [2.24, 2.45) is 11.8 Å². The van der Waals surface area contributed by atoms with Crippen LogP contribution in [0.3, 0.4) is 0 Å². The standard InChI is InChI=1S/C10H17NO4/c1-11-4-2-7(6-9(12)13)8(3-5-11)10(14)15/h7-8H,2-6H2,1H3,(H,12,13)(H,14,15)/t7-,8+/m0/s1. The topological polar surface area (TPSA) is 77.8 Å². The van der Waals surface area contributed by atoms with Gasteiger partial charge in [0, 0.05) is 6.42 Å². The maximum absolute atomic E-state index is 11.0. The Morgan fingerprint density at radius 1 is 1.27 bits per heavy atom. The molecule has 0 aromatic heterocycles. The molecule has 0 spiro atoms. The summed E-state index contributed by atoms with van der Waals surface area (Å²) in [4.78, 5) is 23.7. The van der Waals surface area contributed by atoms with Crippen molar-refractivity contribution < 1.29 is 19.8 Å². The number of rotatable bonds is 3. The van der Waals surface area contributed by atoms with Gasteiger partial charge in [-0.15, -0.1) is 0 Å². The predicted molar refractivity (Wildman–Crippen MR) is 53.6 cm³/mol. The van der Waals surface area contributed by atoms with Gasteiger partial charge in [-0.25, -0.2) is 0 Å². The first kappa shape index (κ1) is 12.0. The SMILES string of the molecule is CN1CC[C@@H](CC(=O)O)[C@H](C(=O)O)CC1. The molecule has 1 rings (SSSR count). The minimum Gasteiger partial charge on any atom is -0.481 e. The van der Waals surface area contributed by atoms with Crippen molar-refractivity contribution in [3.8, 4) is 0 Å². The molecule has 1 heterocycles. The Hall–Kier alpha value is -1.10. The summed E-state index contributed by atoms with van der Waals surface area (Å²) in [6, 6.07) is 0. The van der Waals surface area contributed by atoms with Crippen LogP contribution >= 0.6 is 0 Å². The van der Waals surface area contributed by atoms with Crippen LogP contribution in [-0.4, -0.2) is 47.2 Å². The molecule has 0 aromatic rings. The van der Waals surface area contributed by atoms with Crippen molar-refractivity contribution in [3.05, 3.63) is 0 Å². The molecule has 2 N–H and O–H groups in total. The second-order valence-electron chi connectivity index (χ2n) is 4.18. The van der Waals surface area contributed by atoms with E-state index in [2.05, 4.69) is 4.90 Å². The third kappa shape index (κ3) is 3.51. The van der Waals surface area contributed by atoms with Crippen molar-refractivity contribution in [2.45, 2.75) is 19.3 Å². The molecule has 0 radical (unpaired) electrons. The minimum atomic E-state index is -0.907. The van der Waals surface area contributed by atoms with E-state index < -0.39 is 17.9 Å². The molecular weight excluding hydrogens is 198 g/mol. The lowest BCUT2D eigenvalue weighted by Crippen LogP contribution is -2.25. The smallest absolute Gasteiger partial charge is 0.306 e. The lowest BCUT2D eigenvalue weighted by molar-refractivity contribution is -0.145. The Kier molecular flexibility index (Phi) is 4.08. The number of likely N-dealkylation sites (tertiary alicyclic amines) is 1. The minimum absolute atomic E-state index is 0.0369. The molecule has 0 unspecified atom stereocenters. The van der Waals surface area contributed by atoms with Gasteiger partial charge in [0.15, 0.2) is 0 Å². The van der Waals surface area contributed by atoms with Gasteiger partial charge in [-0.2, -0.15) is 0 Å². The van der Waals surface area contributed by atoms with Gasteiger partial charge in [0.2, 0.25) is 0 Å². The van der Waals surface area contributed by atoms with Crippen LogP contribution in [0.15, 0.2) is 0 Å². The van der Waals surface area contributed by atoms with Gasteiger partial charge >= 0.3 is 11.9 Å². The second-order valence-corrected chi connectivity index (χ2v) is 4.18. The maximum atomic E-state index is 11.0. The summed E-state index contributed by atoms with van der Waals surface area (Å²) in [6.07, 6.45) is 1.16. The van der Waals surface area contributed by atoms with E-state index in [1.54, 1.807) is 0 Å². The average molecular weight is 215 g/mol. The molecule has 1 aliphatic heterocycles. The summed E-state index contributed by atoms with van der Waals surface area (Å²) in [6.45, 7) is 1.51. The summed E-state index contributed by atoms with van der Waals surface area (Å²) in [5, 5.41) is 17.7. The first-order valence-corrected chi connectivity index (χ1v) is 5.14. The van der Waals surface area contributed by atoms with Crippen LogP contribution in [0.4, 0.5) is 0 Å². The first-order chi connectivity index (χ1) is 7.00. The van der Waals surface area contributed by atoms with E-state index in [0.29, 0.717) is 12.8 Å². The number of hydrogen-bond acceptors (Lipinski definition) is 3. The zero-order chi connectivity index (χ0) is 11.4. The van der Waals surface area contributed by atoms with Crippen molar-refractivity contribution in [1.29, 1.82) is 0 Å². The Morgan fingerprint density at radius 2 is 1.87 bits per heavy atom. The lowest BCUT2D eigenvalue weighted by Gasteiger charge is -2.18. The molecule has 5 nitrogen and oxygen atoms in total. The molecule has 0 bridgehead atoms. The second kappa shape index (κ2) is 5.11. The summed E-state index contributed by atoms with van der Waals surface area (Å²) in [7, 11) is 1.93. The third-order valence-corrected chi connectivity index (χ3v) is 3.03. The summed E-state index contributed by atoms with van der Waals surface area (Å²) in [5.74, 6) is -2.51. The average Bonchev–Trinajstić information content (AvgIpc) is 2.28. The molecule has 0 saturated carbocycles. The molecule has 15 heavy (non-hydrogen) atoms. The van der Waals surface area contributed by atoms with Gasteiger partial charge in [0.05, 0.1) is 5.92 Å². The van der Waals surface area contributed by atoms with E-state index in [-0.39, 0.29) is 12.3 Å². The molecule has 1 fully saturated rings. The van der Waals surface area contributed by atoms with Crippen LogP contribution in [-0.2, 0) is 9.59 Å². The number of carbonyl (C=O) groups is 2. The zero-order valence-electron chi connectivity index (χ0n) is 8.85. The maximum Gasteiger partial charge on any atom is 0.306 e. The fourth-order valence-electron chi connectivity index (χ4n) is 2.09. The normalized spacial score (nSPS) is 28.3. The number of nitrogens with zero attached hydrogens (tertiary/aromatic N) is 1. The van der Waals surface area contributed by atoms with E-state index in [1.165, 1.54) is 0 Å². The van der Waals surface area contributed by atoms with E-state index in [4.69, 9.17) is 10.2 Å². The fourth-order valence-corrected chi connectivity index (χ4v) is 2.09. The van der Waals surface area contributed by atoms with Gasteiger partial charge < -0.3 is 15.1 Å². The fraction of sp³-hybridized carbons (Fsp3) is 0.800. The van der Waals surface area contributed by atoms with E-state index in [0.717, 1.165) is 13.1 Å². The van der Waals surface area contributed by atoms with Crippen LogP contribution in [0.25, 0.3) is 0 Å². The third-order valence-electron chi connectivity index (χ3n) is 3.03. The number of carboxylic acid groups (broad SMARTS) is 2. The molecule has 0 aliphatic carbocycles. The van der Waals surface area contributed by atoms with Crippen LogP contribution < -0.4 is 0 Å². The lowest BCUT2D eigenvalue weighted by atomic mass is 9.85. The van der Waals surface area contributed by atoms with Gasteiger partial charge in [0.1, 0.15) is 0 Å². The van der Waals surface area contributed by atoms with Crippen molar-refractivity contribution in [3.63, 3.8) is 0 Å². The number of aliphatic carboxylic acids is 2. The molecule has 1 aliphatic rings. The molecule has 2 atom stereocenters. The van der Waals surface area contributed by atoms with Crippen LogP contribution in [0, 0.1) is 11.8 Å². The van der Waals surface area contributed by atoms with Crippen LogP contribution in [0.5, 0.6) is 0 Å². The largest absolute Gasteiger partial charge is 0.481 e. The Balaban J connectivity index is 2.68. The van der Waals surface area contributed by atoms with Gasteiger partial charge in [-0.3, -0.25) is 9.59 Å². The highest BCUT2D eigenvalue weighted by atomic mass is 16.4. The Morgan fingerprint density at radius 3 is 2.40 bits per heavy atom. The summed E-state index contributed by atoms with van der Waals surface area (Å²) in [5.41, 5.74) is 0. The Labute approximate surface area is 88.7 Å². The summed E-state index contributed by atoms with van der Waals surface area (Å²) >= 11 is 0. The first-order valence-electron chi connectivity index (χ1n) is 5.14. The van der Waals surface area contributed by atoms with Gasteiger partial charge in [0.25, 0.3) is 0 Å². The predicted octanol–water partition coefficient (Wildman–Crippen LogP) is 0.504. The number of hydrogen-bond donors (Lipinski definition) is 2. The highest BCUT2D eigenvalue weighted by molar-refractivity contribution is 5.73. The highest BCUT2D eigenvalue weighted by Gasteiger charge is 2.31. The van der Waals surface area contributed by atoms with Crippen molar-refractivity contribution in [1.82, 2.24) is 4.90 Å². The van der Waals surface area contributed by atoms with Gasteiger partial charge in [-0.05, 0) is 38.9 Å². The molecule has 0 amide bonds.